The molecular weight excluding hydrogens is 449 g/mol. The van der Waals surface area contributed by atoms with Crippen LogP contribution in [0.5, 0.6) is 5.75 Å². The van der Waals surface area contributed by atoms with E-state index in [9.17, 15) is 0 Å². The molecule has 0 radical (unpaired) electrons. The molecule has 0 spiro atoms. The molecule has 0 aliphatic carbocycles. The molecule has 0 aromatic carbocycles. The summed E-state index contributed by atoms with van der Waals surface area (Å²) in [6.07, 6.45) is 0.894. The molecule has 0 fully saturated rings. The Morgan fingerprint density at radius 2 is 1.90 bits per heavy atom. The van der Waals surface area contributed by atoms with E-state index in [-0.39, 0.29) is 5.04 Å². The fourth-order valence-electron chi connectivity index (χ4n) is 1.29. The highest BCUT2D eigenvalue weighted by molar-refractivity contribution is 14.1. The van der Waals surface area contributed by atoms with Crippen molar-refractivity contribution in [2.24, 2.45) is 0 Å². The average molecular weight is 472 g/mol. The molecule has 0 unspecified atom stereocenters. The van der Waals surface area contributed by atoms with E-state index in [0.717, 1.165) is 27.1 Å². The summed E-state index contributed by atoms with van der Waals surface area (Å²) in [6.45, 7) is 12.7. The summed E-state index contributed by atoms with van der Waals surface area (Å²) in [7, 11) is -1.63. The van der Waals surface area contributed by atoms with Crippen LogP contribution in [0.15, 0.2) is 16.7 Å². The zero-order valence-corrected chi connectivity index (χ0v) is 17.5. The van der Waals surface area contributed by atoms with Crippen LogP contribution in [0, 0.1) is 3.70 Å². The van der Waals surface area contributed by atoms with E-state index < -0.39 is 8.32 Å². The normalized spacial score (nSPS) is 12.6. The van der Waals surface area contributed by atoms with Crippen LogP contribution in [0.3, 0.4) is 0 Å². The van der Waals surface area contributed by atoms with Crippen molar-refractivity contribution in [3.63, 3.8) is 0 Å². The van der Waals surface area contributed by atoms with Crippen molar-refractivity contribution in [1.82, 2.24) is 4.98 Å². The van der Waals surface area contributed by atoms with Gasteiger partial charge in [-0.25, -0.2) is 4.98 Å². The lowest BCUT2D eigenvalue weighted by molar-refractivity contribution is 0.232. The van der Waals surface area contributed by atoms with E-state index in [4.69, 9.17) is 9.16 Å². The lowest BCUT2D eigenvalue weighted by Crippen LogP contribution is -2.41. The Hall–Kier alpha value is 0.337. The van der Waals surface area contributed by atoms with Gasteiger partial charge in [0.25, 0.3) is 0 Å². The first-order valence-electron chi connectivity index (χ1n) is 6.72. The van der Waals surface area contributed by atoms with Crippen LogP contribution in [0.4, 0.5) is 0 Å². The lowest BCUT2D eigenvalue weighted by Gasteiger charge is -2.36. The van der Waals surface area contributed by atoms with E-state index in [2.05, 4.69) is 77.4 Å². The summed E-state index contributed by atoms with van der Waals surface area (Å²) in [6, 6.07) is 3.88. The molecule has 114 valence electrons. The molecule has 0 bridgehead atoms. The zero-order chi connectivity index (χ0) is 15.4. The topological polar surface area (TPSA) is 31.4 Å². The Morgan fingerprint density at radius 1 is 1.25 bits per heavy atom. The SMILES string of the molecule is CC(C)(C)[Si](C)(C)OCCCOc1ccc(I)nc1Br. The lowest BCUT2D eigenvalue weighted by atomic mass is 10.2. The molecule has 0 amide bonds. The van der Waals surface area contributed by atoms with Gasteiger partial charge in [0.1, 0.15) is 8.30 Å². The predicted octanol–water partition coefficient (Wildman–Crippen LogP) is 5.24. The average Bonchev–Trinajstić information content (AvgIpc) is 2.29. The van der Waals surface area contributed by atoms with Crippen LogP contribution >= 0.6 is 38.5 Å². The predicted molar refractivity (Wildman–Crippen MR) is 97.9 cm³/mol. The number of rotatable bonds is 6. The second kappa shape index (κ2) is 7.55. The fraction of sp³-hybridized carbons (Fsp3) is 0.643. The summed E-state index contributed by atoms with van der Waals surface area (Å²) >= 11 is 5.59. The highest BCUT2D eigenvalue weighted by Crippen LogP contribution is 2.36. The molecule has 3 nitrogen and oxygen atoms in total. The molecule has 0 aliphatic heterocycles. The minimum absolute atomic E-state index is 0.261. The fourth-order valence-corrected chi connectivity index (χ4v) is 3.57. The van der Waals surface area contributed by atoms with Crippen LogP contribution < -0.4 is 4.74 Å². The molecule has 1 rings (SSSR count). The van der Waals surface area contributed by atoms with Gasteiger partial charge in [-0.05, 0) is 68.8 Å². The van der Waals surface area contributed by atoms with Crippen LogP contribution in [-0.2, 0) is 4.43 Å². The van der Waals surface area contributed by atoms with Crippen LogP contribution in [0.2, 0.25) is 18.1 Å². The first kappa shape index (κ1) is 18.4. The molecule has 1 aromatic heterocycles. The Balaban J connectivity index is 2.32. The smallest absolute Gasteiger partial charge is 0.191 e. The number of ether oxygens (including phenoxy) is 1. The van der Waals surface area contributed by atoms with Gasteiger partial charge in [0, 0.05) is 13.0 Å². The van der Waals surface area contributed by atoms with E-state index >= 15 is 0 Å². The van der Waals surface area contributed by atoms with Crippen molar-refractivity contribution in [3.05, 3.63) is 20.4 Å². The molecule has 20 heavy (non-hydrogen) atoms. The van der Waals surface area contributed by atoms with Gasteiger partial charge in [0.2, 0.25) is 0 Å². The number of halogens is 2. The van der Waals surface area contributed by atoms with Gasteiger partial charge >= 0.3 is 0 Å². The van der Waals surface area contributed by atoms with Crippen molar-refractivity contribution >= 4 is 46.8 Å². The number of hydrogen-bond acceptors (Lipinski definition) is 3. The second-order valence-corrected chi connectivity index (χ2v) is 12.9. The maximum Gasteiger partial charge on any atom is 0.191 e. The number of aromatic nitrogens is 1. The molecule has 0 saturated heterocycles. The van der Waals surface area contributed by atoms with Gasteiger partial charge < -0.3 is 9.16 Å². The third-order valence-electron chi connectivity index (χ3n) is 3.60. The van der Waals surface area contributed by atoms with Crippen LogP contribution in [0.25, 0.3) is 0 Å². The van der Waals surface area contributed by atoms with E-state index in [1.807, 2.05) is 12.1 Å². The van der Waals surface area contributed by atoms with Crippen molar-refractivity contribution in [3.8, 4) is 5.75 Å². The van der Waals surface area contributed by atoms with Crippen molar-refractivity contribution in [2.45, 2.75) is 45.3 Å². The number of nitrogens with zero attached hydrogens (tertiary/aromatic N) is 1. The van der Waals surface area contributed by atoms with Gasteiger partial charge in [-0.1, -0.05) is 20.8 Å². The standard InChI is InChI=1S/C14H23BrINO2Si/c1-14(2,3)20(4,5)19-10-6-9-18-11-7-8-12(16)17-13(11)15/h7-8H,6,9-10H2,1-5H3. The highest BCUT2D eigenvalue weighted by Gasteiger charge is 2.36. The summed E-state index contributed by atoms with van der Waals surface area (Å²) in [5.41, 5.74) is 0. The monoisotopic (exact) mass is 471 g/mol. The Bertz CT molecular complexity index is 449. The van der Waals surface area contributed by atoms with E-state index in [1.165, 1.54) is 0 Å². The van der Waals surface area contributed by atoms with E-state index in [1.54, 1.807) is 0 Å². The first-order valence-corrected chi connectivity index (χ1v) is 11.5. The van der Waals surface area contributed by atoms with Gasteiger partial charge in [-0.3, -0.25) is 0 Å². The van der Waals surface area contributed by atoms with Gasteiger partial charge in [0.05, 0.1) is 6.61 Å². The molecule has 0 aliphatic rings. The summed E-state index contributed by atoms with van der Waals surface area (Å²) in [4.78, 5) is 4.30. The van der Waals surface area contributed by atoms with Gasteiger partial charge in [-0.2, -0.15) is 0 Å². The Labute approximate surface area is 145 Å². The molecular formula is C14H23BrINO2Si. The Morgan fingerprint density at radius 3 is 2.45 bits per heavy atom. The highest BCUT2D eigenvalue weighted by atomic mass is 127. The molecule has 0 saturated carbocycles. The zero-order valence-electron chi connectivity index (χ0n) is 12.8. The van der Waals surface area contributed by atoms with Crippen LogP contribution in [-0.4, -0.2) is 26.5 Å². The molecule has 6 heteroatoms. The van der Waals surface area contributed by atoms with E-state index in [0.29, 0.717) is 6.61 Å². The number of pyridine rings is 1. The summed E-state index contributed by atoms with van der Waals surface area (Å²) < 4.78 is 13.5. The van der Waals surface area contributed by atoms with Crippen molar-refractivity contribution < 1.29 is 9.16 Å². The van der Waals surface area contributed by atoms with Gasteiger partial charge in [-0.15, -0.1) is 0 Å². The van der Waals surface area contributed by atoms with Crippen LogP contribution in [0.1, 0.15) is 27.2 Å². The maximum absolute atomic E-state index is 6.11. The quantitative estimate of drug-likeness (QED) is 0.246. The molecule has 0 N–H and O–H groups in total. The molecule has 1 heterocycles. The van der Waals surface area contributed by atoms with Crippen molar-refractivity contribution in [1.29, 1.82) is 0 Å². The second-order valence-electron chi connectivity index (χ2n) is 6.23. The minimum atomic E-state index is -1.63. The maximum atomic E-state index is 6.11. The minimum Gasteiger partial charge on any atom is -0.491 e. The number of hydrogen-bond donors (Lipinski definition) is 0. The van der Waals surface area contributed by atoms with Crippen molar-refractivity contribution in [2.75, 3.05) is 13.2 Å². The summed E-state index contributed by atoms with van der Waals surface area (Å²) in [5.74, 6) is 0.790. The molecule has 0 atom stereocenters. The first-order chi connectivity index (χ1) is 9.13. The largest absolute Gasteiger partial charge is 0.491 e. The molecule has 1 aromatic rings. The third kappa shape index (κ3) is 5.61. The van der Waals surface area contributed by atoms with Gasteiger partial charge in [0.15, 0.2) is 14.1 Å². The summed E-state index contributed by atoms with van der Waals surface area (Å²) in [5, 5.41) is 0.261. The Kier molecular flexibility index (Phi) is 6.94. The third-order valence-corrected chi connectivity index (χ3v) is 9.30.